The van der Waals surface area contributed by atoms with Crippen LogP contribution in [0.4, 0.5) is 0 Å². The summed E-state index contributed by atoms with van der Waals surface area (Å²) >= 11 is 0. The molecule has 1 fully saturated rings. The van der Waals surface area contributed by atoms with Crippen molar-refractivity contribution in [2.24, 2.45) is 5.92 Å². The van der Waals surface area contributed by atoms with Gasteiger partial charge in [0.1, 0.15) is 5.69 Å². The highest BCUT2D eigenvalue weighted by Gasteiger charge is 2.21. The molecule has 2 unspecified atom stereocenters. The minimum Gasteiger partial charge on any atom is -0.461 e. The second-order valence-electron chi connectivity index (χ2n) is 4.60. The van der Waals surface area contributed by atoms with Gasteiger partial charge < -0.3 is 14.5 Å². The van der Waals surface area contributed by atoms with Crippen molar-refractivity contribution in [1.82, 2.24) is 4.98 Å². The van der Waals surface area contributed by atoms with Crippen molar-refractivity contribution in [2.45, 2.75) is 25.9 Å². The maximum atomic E-state index is 11.7. The number of rotatable bonds is 3. The Morgan fingerprint density at radius 3 is 3.11 bits per heavy atom. The molecule has 2 atom stereocenters. The number of aromatic amines is 1. The van der Waals surface area contributed by atoms with Crippen LogP contribution in [0.15, 0.2) is 23.0 Å². The zero-order valence-electron chi connectivity index (χ0n) is 10.3. The van der Waals surface area contributed by atoms with Crippen LogP contribution in [-0.2, 0) is 9.47 Å². The number of hydrogen-bond donors (Lipinski definition) is 1. The lowest BCUT2D eigenvalue weighted by molar-refractivity contribution is -0.0184. The molecule has 1 aromatic rings. The number of aromatic nitrogens is 1. The van der Waals surface area contributed by atoms with Crippen molar-refractivity contribution in [3.8, 4) is 0 Å². The number of pyridine rings is 1. The fraction of sp³-hybridized carbons (Fsp3) is 0.538. The molecule has 1 aliphatic heterocycles. The Bertz CT molecular complexity index is 468. The summed E-state index contributed by atoms with van der Waals surface area (Å²) in [5.74, 6) is -0.139. The smallest absolute Gasteiger partial charge is 0.354 e. The number of carbonyl (C=O) groups is 1. The summed E-state index contributed by atoms with van der Waals surface area (Å²) in [6.07, 6.45) is 2.03. The van der Waals surface area contributed by atoms with E-state index < -0.39 is 5.97 Å². The van der Waals surface area contributed by atoms with Crippen LogP contribution in [0.1, 0.15) is 30.3 Å². The first-order chi connectivity index (χ1) is 8.65. The van der Waals surface area contributed by atoms with Crippen molar-refractivity contribution < 1.29 is 14.3 Å². The van der Waals surface area contributed by atoms with Crippen molar-refractivity contribution >= 4 is 5.97 Å². The van der Waals surface area contributed by atoms with Gasteiger partial charge in [-0.3, -0.25) is 4.79 Å². The first-order valence-corrected chi connectivity index (χ1v) is 6.13. The Labute approximate surface area is 105 Å². The average Bonchev–Trinajstić information content (AvgIpc) is 2.36. The predicted molar refractivity (Wildman–Crippen MR) is 65.5 cm³/mol. The summed E-state index contributed by atoms with van der Waals surface area (Å²) in [7, 11) is 0. The lowest BCUT2D eigenvalue weighted by Gasteiger charge is -2.26. The minimum absolute atomic E-state index is 0.197. The van der Waals surface area contributed by atoms with E-state index >= 15 is 0 Å². The molecular weight excluding hydrogens is 234 g/mol. The van der Waals surface area contributed by atoms with Gasteiger partial charge in [0.15, 0.2) is 0 Å². The Kier molecular flexibility index (Phi) is 4.15. The third-order valence-corrected chi connectivity index (χ3v) is 3.03. The Hall–Kier alpha value is -1.62. The van der Waals surface area contributed by atoms with Crippen molar-refractivity contribution in [2.75, 3.05) is 13.2 Å². The zero-order chi connectivity index (χ0) is 13.0. The third-order valence-electron chi connectivity index (χ3n) is 3.03. The molecule has 1 N–H and O–H groups in total. The first kappa shape index (κ1) is 12.8. The van der Waals surface area contributed by atoms with Crippen molar-refractivity contribution in [3.63, 3.8) is 0 Å². The normalized spacial score (nSPS) is 23.6. The van der Waals surface area contributed by atoms with E-state index in [4.69, 9.17) is 9.47 Å². The summed E-state index contributed by atoms with van der Waals surface area (Å²) < 4.78 is 10.6. The number of carbonyl (C=O) groups excluding carboxylic acids is 1. The zero-order valence-corrected chi connectivity index (χ0v) is 10.3. The van der Waals surface area contributed by atoms with Gasteiger partial charge in [-0.25, -0.2) is 4.79 Å². The van der Waals surface area contributed by atoms with Gasteiger partial charge in [0, 0.05) is 12.7 Å². The molecule has 1 saturated heterocycles. The molecule has 2 rings (SSSR count). The van der Waals surface area contributed by atoms with Crippen LogP contribution in [0.5, 0.6) is 0 Å². The van der Waals surface area contributed by atoms with Crippen LogP contribution in [0, 0.1) is 5.92 Å². The molecule has 0 amide bonds. The molecule has 0 aromatic carbocycles. The van der Waals surface area contributed by atoms with Crippen LogP contribution < -0.4 is 5.56 Å². The summed E-state index contributed by atoms with van der Waals surface area (Å²) in [6, 6.07) is 4.43. The number of nitrogens with one attached hydrogen (secondary N) is 1. The molecule has 98 valence electrons. The Balaban J connectivity index is 1.86. The summed E-state index contributed by atoms with van der Waals surface area (Å²) in [4.78, 5) is 25.2. The van der Waals surface area contributed by atoms with Crippen LogP contribution >= 0.6 is 0 Å². The van der Waals surface area contributed by atoms with Crippen LogP contribution in [0.2, 0.25) is 0 Å². The van der Waals surface area contributed by atoms with Gasteiger partial charge >= 0.3 is 5.97 Å². The maximum absolute atomic E-state index is 11.7. The molecule has 0 radical (unpaired) electrons. The standard InChI is InChI=1S/C13H17NO4/c1-9-7-10(5-6-17-9)8-18-13(16)11-3-2-4-12(15)14-11/h2-4,9-10H,5-8H2,1H3,(H,14,15). The van der Waals surface area contributed by atoms with E-state index in [0.29, 0.717) is 19.1 Å². The number of esters is 1. The Morgan fingerprint density at radius 1 is 1.56 bits per heavy atom. The van der Waals surface area contributed by atoms with Gasteiger partial charge in [0.25, 0.3) is 0 Å². The van der Waals surface area contributed by atoms with Gasteiger partial charge in [-0.15, -0.1) is 0 Å². The second-order valence-corrected chi connectivity index (χ2v) is 4.60. The molecule has 0 spiro atoms. The molecule has 1 aliphatic rings. The van der Waals surface area contributed by atoms with E-state index in [2.05, 4.69) is 4.98 Å². The molecule has 0 bridgehead atoms. The lowest BCUT2D eigenvalue weighted by Crippen LogP contribution is -2.27. The predicted octanol–water partition coefficient (Wildman–Crippen LogP) is 1.35. The highest BCUT2D eigenvalue weighted by Crippen LogP contribution is 2.20. The second kappa shape index (κ2) is 5.82. The van der Waals surface area contributed by atoms with Crippen molar-refractivity contribution in [3.05, 3.63) is 34.2 Å². The Morgan fingerprint density at radius 2 is 2.39 bits per heavy atom. The molecular formula is C13H17NO4. The monoisotopic (exact) mass is 251 g/mol. The van der Waals surface area contributed by atoms with Crippen LogP contribution in [0.25, 0.3) is 0 Å². The number of ether oxygens (including phenoxy) is 2. The number of H-pyrrole nitrogens is 1. The van der Waals surface area contributed by atoms with Crippen molar-refractivity contribution in [1.29, 1.82) is 0 Å². The molecule has 1 aromatic heterocycles. The molecule has 18 heavy (non-hydrogen) atoms. The average molecular weight is 251 g/mol. The maximum Gasteiger partial charge on any atom is 0.354 e. The third kappa shape index (κ3) is 3.43. The summed E-state index contributed by atoms with van der Waals surface area (Å²) in [5, 5.41) is 0. The van der Waals surface area contributed by atoms with Gasteiger partial charge in [0.05, 0.1) is 12.7 Å². The highest BCUT2D eigenvalue weighted by molar-refractivity contribution is 5.87. The van der Waals surface area contributed by atoms with E-state index in [1.807, 2.05) is 6.92 Å². The van der Waals surface area contributed by atoms with Gasteiger partial charge in [-0.2, -0.15) is 0 Å². The van der Waals surface area contributed by atoms with E-state index in [1.165, 1.54) is 18.2 Å². The quantitative estimate of drug-likeness (QED) is 0.823. The minimum atomic E-state index is -0.480. The van der Waals surface area contributed by atoms with E-state index in [0.717, 1.165) is 12.8 Å². The van der Waals surface area contributed by atoms with E-state index in [1.54, 1.807) is 0 Å². The highest BCUT2D eigenvalue weighted by atomic mass is 16.5. The molecule has 0 aliphatic carbocycles. The fourth-order valence-corrected chi connectivity index (χ4v) is 2.08. The largest absolute Gasteiger partial charge is 0.461 e. The molecule has 5 nitrogen and oxygen atoms in total. The van der Waals surface area contributed by atoms with E-state index in [9.17, 15) is 9.59 Å². The van der Waals surface area contributed by atoms with E-state index in [-0.39, 0.29) is 17.4 Å². The molecule has 5 heteroatoms. The van der Waals surface area contributed by atoms with Gasteiger partial charge in [-0.05, 0) is 31.7 Å². The fourth-order valence-electron chi connectivity index (χ4n) is 2.08. The molecule has 2 heterocycles. The first-order valence-electron chi connectivity index (χ1n) is 6.13. The summed E-state index contributed by atoms with van der Waals surface area (Å²) in [5.41, 5.74) is -0.105. The van der Waals surface area contributed by atoms with Gasteiger partial charge in [-0.1, -0.05) is 6.07 Å². The number of hydrogen-bond acceptors (Lipinski definition) is 4. The summed E-state index contributed by atoms with van der Waals surface area (Å²) in [6.45, 7) is 3.11. The SMILES string of the molecule is CC1CC(COC(=O)c2cccc(=O)[nH]2)CCO1. The topological polar surface area (TPSA) is 68.4 Å². The van der Waals surface area contributed by atoms with Crippen LogP contribution in [-0.4, -0.2) is 30.3 Å². The van der Waals surface area contributed by atoms with Gasteiger partial charge in [0.2, 0.25) is 5.56 Å². The lowest BCUT2D eigenvalue weighted by atomic mass is 9.97. The molecule has 0 saturated carbocycles. The van der Waals surface area contributed by atoms with Crippen LogP contribution in [0.3, 0.4) is 0 Å².